The van der Waals surface area contributed by atoms with E-state index < -0.39 is 0 Å². The van der Waals surface area contributed by atoms with Crippen molar-refractivity contribution in [3.8, 4) is 0 Å². The monoisotopic (exact) mass is 374 g/mol. The Morgan fingerprint density at radius 1 is 1.15 bits per heavy atom. The molecule has 7 heteroatoms. The average molecular weight is 375 g/mol. The van der Waals surface area contributed by atoms with E-state index in [-0.39, 0.29) is 5.91 Å². The highest BCUT2D eigenvalue weighted by atomic mass is 16.2. The second-order valence-electron chi connectivity index (χ2n) is 8.66. The number of hydrogen-bond acceptors (Lipinski definition) is 5. The van der Waals surface area contributed by atoms with Crippen molar-refractivity contribution in [2.75, 3.05) is 39.3 Å². The molecule has 0 aliphatic carbocycles. The molecule has 1 aromatic heterocycles. The van der Waals surface area contributed by atoms with Crippen LogP contribution in [0.1, 0.15) is 68.4 Å². The van der Waals surface area contributed by atoms with Crippen molar-refractivity contribution in [3.63, 3.8) is 0 Å². The normalized spacial score (nSPS) is 28.4. The lowest BCUT2D eigenvalue weighted by atomic mass is 9.94. The second-order valence-corrected chi connectivity index (χ2v) is 8.66. The third-order valence-electron chi connectivity index (χ3n) is 6.65. The average Bonchev–Trinajstić information content (AvgIpc) is 3.20. The van der Waals surface area contributed by atoms with Crippen molar-refractivity contribution in [2.24, 2.45) is 5.92 Å². The first-order chi connectivity index (χ1) is 13.2. The predicted molar refractivity (Wildman–Crippen MR) is 105 cm³/mol. The number of likely N-dealkylation sites (tertiary alicyclic amines) is 2. The molecule has 3 aliphatic heterocycles. The van der Waals surface area contributed by atoms with Gasteiger partial charge in [-0.1, -0.05) is 11.6 Å². The van der Waals surface area contributed by atoms with Crippen LogP contribution in [0.15, 0.2) is 6.20 Å². The molecule has 0 spiro atoms. The molecule has 3 fully saturated rings. The predicted octanol–water partition coefficient (Wildman–Crippen LogP) is 1.93. The zero-order valence-corrected chi connectivity index (χ0v) is 16.6. The van der Waals surface area contributed by atoms with Crippen LogP contribution in [0.3, 0.4) is 0 Å². The molecule has 0 radical (unpaired) electrons. The van der Waals surface area contributed by atoms with Crippen LogP contribution in [0.25, 0.3) is 0 Å². The summed E-state index contributed by atoms with van der Waals surface area (Å²) in [6.07, 6.45) is 10.3. The molecule has 7 nitrogen and oxygen atoms in total. The highest BCUT2D eigenvalue weighted by Gasteiger charge is 2.29. The molecule has 4 heterocycles. The Balaban J connectivity index is 1.35. The van der Waals surface area contributed by atoms with Crippen LogP contribution in [0.2, 0.25) is 0 Å². The lowest BCUT2D eigenvalue weighted by molar-refractivity contribution is 0.0589. The number of amides is 1. The Bertz CT molecular complexity index is 626. The number of rotatable bonds is 4. The molecular weight excluding hydrogens is 340 g/mol. The van der Waals surface area contributed by atoms with Gasteiger partial charge in [-0.25, -0.2) is 4.68 Å². The molecule has 1 N–H and O–H groups in total. The van der Waals surface area contributed by atoms with E-state index in [0.29, 0.717) is 23.7 Å². The lowest BCUT2D eigenvalue weighted by Crippen LogP contribution is -2.46. The Morgan fingerprint density at radius 3 is 2.81 bits per heavy atom. The van der Waals surface area contributed by atoms with Crippen LogP contribution in [0, 0.1) is 5.92 Å². The maximum absolute atomic E-state index is 13.0. The number of aromatic nitrogens is 3. The number of hydrogen-bond donors (Lipinski definition) is 1. The summed E-state index contributed by atoms with van der Waals surface area (Å²) in [4.78, 5) is 17.6. The molecule has 1 aromatic rings. The maximum atomic E-state index is 13.0. The maximum Gasteiger partial charge on any atom is 0.276 e. The van der Waals surface area contributed by atoms with Crippen LogP contribution in [0.4, 0.5) is 0 Å². The molecular formula is C20H34N6O. The van der Waals surface area contributed by atoms with E-state index in [1.807, 2.05) is 15.8 Å². The topological polar surface area (TPSA) is 66.3 Å². The first-order valence-electron chi connectivity index (χ1n) is 10.9. The fraction of sp³-hybridized carbons (Fsp3) is 0.850. The van der Waals surface area contributed by atoms with Crippen molar-refractivity contribution in [1.82, 2.24) is 30.1 Å². The van der Waals surface area contributed by atoms with Gasteiger partial charge < -0.3 is 15.1 Å². The molecule has 150 valence electrons. The van der Waals surface area contributed by atoms with E-state index in [9.17, 15) is 4.79 Å². The van der Waals surface area contributed by atoms with Crippen LogP contribution >= 0.6 is 0 Å². The van der Waals surface area contributed by atoms with Gasteiger partial charge in [-0.2, -0.15) is 0 Å². The quantitative estimate of drug-likeness (QED) is 0.872. The summed E-state index contributed by atoms with van der Waals surface area (Å²) >= 11 is 0. The number of carbonyl (C=O) groups excluding carboxylic acids is 1. The van der Waals surface area contributed by atoms with Crippen molar-refractivity contribution >= 4 is 5.91 Å². The fourth-order valence-electron chi connectivity index (χ4n) is 4.95. The van der Waals surface area contributed by atoms with Gasteiger partial charge in [0.25, 0.3) is 5.91 Å². The summed E-state index contributed by atoms with van der Waals surface area (Å²) in [5.41, 5.74) is 0.514. The molecule has 1 amide bonds. The minimum Gasteiger partial charge on any atom is -0.337 e. The highest BCUT2D eigenvalue weighted by molar-refractivity contribution is 5.92. The van der Waals surface area contributed by atoms with Crippen molar-refractivity contribution < 1.29 is 4.79 Å². The van der Waals surface area contributed by atoms with E-state index in [4.69, 9.17) is 0 Å². The Labute approximate surface area is 162 Å². The van der Waals surface area contributed by atoms with Crippen LogP contribution < -0.4 is 5.32 Å². The Hall–Kier alpha value is -1.47. The largest absolute Gasteiger partial charge is 0.337 e. The second kappa shape index (κ2) is 8.69. The Kier molecular flexibility index (Phi) is 6.08. The number of nitrogens with one attached hydrogen (secondary N) is 1. The smallest absolute Gasteiger partial charge is 0.276 e. The van der Waals surface area contributed by atoms with Gasteiger partial charge in [0.05, 0.1) is 12.2 Å². The van der Waals surface area contributed by atoms with Gasteiger partial charge in [0, 0.05) is 25.7 Å². The summed E-state index contributed by atoms with van der Waals surface area (Å²) in [6.45, 7) is 8.44. The number of nitrogens with zero attached hydrogens (tertiary/aromatic N) is 5. The summed E-state index contributed by atoms with van der Waals surface area (Å²) in [5, 5.41) is 11.8. The van der Waals surface area contributed by atoms with Gasteiger partial charge >= 0.3 is 0 Å². The molecule has 3 aliphatic rings. The van der Waals surface area contributed by atoms with Crippen molar-refractivity contribution in [3.05, 3.63) is 11.9 Å². The summed E-state index contributed by atoms with van der Waals surface area (Å²) in [7, 11) is 0. The highest BCUT2D eigenvalue weighted by Crippen LogP contribution is 2.24. The molecule has 2 unspecified atom stereocenters. The van der Waals surface area contributed by atoms with Crippen molar-refractivity contribution in [1.29, 1.82) is 0 Å². The molecule has 0 saturated carbocycles. The first kappa shape index (κ1) is 18.9. The third-order valence-corrected chi connectivity index (χ3v) is 6.65. The molecule has 0 aromatic carbocycles. The SMILES string of the molecule is CC1CCCCN1CC1CCCN(C(=O)c2cn(C3CCNCC3)nn2)C1. The number of carbonyl (C=O) groups is 1. The molecule has 3 saturated heterocycles. The lowest BCUT2D eigenvalue weighted by Gasteiger charge is -2.39. The van der Waals surface area contributed by atoms with Gasteiger partial charge in [-0.05, 0) is 71.0 Å². The van der Waals surface area contributed by atoms with Crippen LogP contribution in [0.5, 0.6) is 0 Å². The van der Waals surface area contributed by atoms with E-state index in [2.05, 4.69) is 27.5 Å². The third kappa shape index (κ3) is 4.51. The minimum absolute atomic E-state index is 0.0616. The summed E-state index contributed by atoms with van der Waals surface area (Å²) in [5.74, 6) is 0.647. The van der Waals surface area contributed by atoms with Gasteiger partial charge in [0.1, 0.15) is 0 Å². The van der Waals surface area contributed by atoms with Crippen LogP contribution in [-0.4, -0.2) is 76.0 Å². The molecule has 2 atom stereocenters. The van der Waals surface area contributed by atoms with Crippen molar-refractivity contribution in [2.45, 2.75) is 64.0 Å². The first-order valence-corrected chi connectivity index (χ1v) is 10.9. The fourth-order valence-corrected chi connectivity index (χ4v) is 4.95. The summed E-state index contributed by atoms with van der Waals surface area (Å²) in [6, 6.07) is 1.06. The van der Waals surface area contributed by atoms with E-state index in [1.165, 1.54) is 32.2 Å². The number of piperidine rings is 3. The van der Waals surface area contributed by atoms with E-state index >= 15 is 0 Å². The van der Waals surface area contributed by atoms with E-state index in [1.54, 1.807) is 0 Å². The molecule has 0 bridgehead atoms. The standard InChI is InChI=1S/C20H34N6O/c1-16-5-2-3-11-24(16)13-17-6-4-12-25(14-17)20(27)19-15-26(23-22-19)18-7-9-21-10-8-18/h15-18,21H,2-14H2,1H3. The van der Waals surface area contributed by atoms with Gasteiger partial charge in [-0.15, -0.1) is 5.10 Å². The minimum atomic E-state index is 0.0616. The van der Waals surface area contributed by atoms with E-state index in [0.717, 1.165) is 52.0 Å². The molecule has 27 heavy (non-hydrogen) atoms. The van der Waals surface area contributed by atoms with Gasteiger partial charge in [0.2, 0.25) is 0 Å². The zero-order chi connectivity index (χ0) is 18.6. The van der Waals surface area contributed by atoms with Gasteiger partial charge in [0.15, 0.2) is 5.69 Å². The Morgan fingerprint density at radius 2 is 2.00 bits per heavy atom. The molecule has 4 rings (SSSR count). The summed E-state index contributed by atoms with van der Waals surface area (Å²) < 4.78 is 1.91. The zero-order valence-electron chi connectivity index (χ0n) is 16.6. The van der Waals surface area contributed by atoms with Gasteiger partial charge in [-0.3, -0.25) is 4.79 Å². The van der Waals surface area contributed by atoms with Crippen LogP contribution in [-0.2, 0) is 0 Å².